The maximum atomic E-state index is 12.7. The highest BCUT2D eigenvalue weighted by Gasteiger charge is 2.44. The van der Waals surface area contributed by atoms with Crippen molar-refractivity contribution in [3.8, 4) is 0 Å². The van der Waals surface area contributed by atoms with Crippen LogP contribution in [0.4, 0.5) is 5.69 Å². The summed E-state index contributed by atoms with van der Waals surface area (Å²) < 4.78 is 0. The molecule has 4 nitrogen and oxygen atoms in total. The van der Waals surface area contributed by atoms with Gasteiger partial charge in [-0.1, -0.05) is 18.2 Å². The molecule has 3 aliphatic rings. The lowest BCUT2D eigenvalue weighted by Crippen LogP contribution is -2.44. The Kier molecular flexibility index (Phi) is 3.14. The number of rotatable bonds is 1. The molecule has 2 fully saturated rings. The van der Waals surface area contributed by atoms with Crippen molar-refractivity contribution in [2.75, 3.05) is 18.4 Å². The lowest BCUT2D eigenvalue weighted by atomic mass is 9.97. The topological polar surface area (TPSA) is 52.6 Å². The summed E-state index contributed by atoms with van der Waals surface area (Å²) in [5.74, 6) is 1.04. The number of aliphatic hydroxyl groups excluding tert-OH is 1. The number of likely N-dealkylation sites (tertiary alicyclic amines) is 1. The van der Waals surface area contributed by atoms with Crippen LogP contribution in [-0.4, -0.2) is 41.1 Å². The van der Waals surface area contributed by atoms with Crippen molar-refractivity contribution in [2.45, 2.75) is 37.8 Å². The summed E-state index contributed by atoms with van der Waals surface area (Å²) in [7, 11) is 0. The molecule has 2 N–H and O–H groups in total. The van der Waals surface area contributed by atoms with E-state index in [0.717, 1.165) is 44.5 Å². The van der Waals surface area contributed by atoms with Crippen molar-refractivity contribution in [1.82, 2.24) is 4.90 Å². The number of aryl methyl sites for hydroxylation is 1. The van der Waals surface area contributed by atoms with Crippen LogP contribution in [0, 0.1) is 11.8 Å². The summed E-state index contributed by atoms with van der Waals surface area (Å²) in [4.78, 5) is 14.7. The molecule has 0 spiro atoms. The van der Waals surface area contributed by atoms with Crippen molar-refractivity contribution in [2.24, 2.45) is 11.8 Å². The molecule has 4 unspecified atom stereocenters. The second-order valence-electron chi connectivity index (χ2n) is 6.70. The Balaban J connectivity index is 1.45. The van der Waals surface area contributed by atoms with Gasteiger partial charge in [-0.15, -0.1) is 0 Å². The van der Waals surface area contributed by atoms with Crippen LogP contribution >= 0.6 is 0 Å². The largest absolute Gasteiger partial charge is 0.393 e. The monoisotopic (exact) mass is 286 g/mol. The minimum Gasteiger partial charge on any atom is -0.393 e. The number of amides is 1. The number of hydrogen-bond donors (Lipinski definition) is 2. The van der Waals surface area contributed by atoms with E-state index in [1.807, 2.05) is 17.0 Å². The lowest BCUT2D eigenvalue weighted by Gasteiger charge is -2.30. The molecule has 112 valence electrons. The number of carbonyl (C=O) groups is 1. The van der Waals surface area contributed by atoms with Crippen LogP contribution in [0.5, 0.6) is 0 Å². The van der Waals surface area contributed by atoms with E-state index in [0.29, 0.717) is 11.8 Å². The second-order valence-corrected chi connectivity index (χ2v) is 6.70. The molecule has 4 rings (SSSR count). The summed E-state index contributed by atoms with van der Waals surface area (Å²) in [5.41, 5.74) is 2.40. The van der Waals surface area contributed by atoms with Gasteiger partial charge in [0.25, 0.3) is 0 Å². The smallest absolute Gasteiger partial charge is 0.245 e. The molecule has 2 aliphatic heterocycles. The maximum absolute atomic E-state index is 12.7. The third-order valence-corrected chi connectivity index (χ3v) is 5.48. The molecule has 2 heterocycles. The van der Waals surface area contributed by atoms with E-state index >= 15 is 0 Å². The van der Waals surface area contributed by atoms with Crippen LogP contribution < -0.4 is 5.32 Å². The van der Waals surface area contributed by atoms with Crippen molar-refractivity contribution in [3.63, 3.8) is 0 Å². The van der Waals surface area contributed by atoms with Gasteiger partial charge >= 0.3 is 0 Å². The van der Waals surface area contributed by atoms with E-state index in [2.05, 4.69) is 17.4 Å². The molecule has 4 heteroatoms. The van der Waals surface area contributed by atoms with Gasteiger partial charge in [-0.05, 0) is 43.2 Å². The summed E-state index contributed by atoms with van der Waals surface area (Å²) in [6, 6.07) is 8.13. The molecule has 1 aromatic rings. The van der Waals surface area contributed by atoms with E-state index in [-0.39, 0.29) is 18.1 Å². The number of aliphatic hydroxyl groups is 1. The van der Waals surface area contributed by atoms with Crippen molar-refractivity contribution >= 4 is 11.6 Å². The Morgan fingerprint density at radius 3 is 2.90 bits per heavy atom. The van der Waals surface area contributed by atoms with Crippen molar-refractivity contribution in [3.05, 3.63) is 29.8 Å². The van der Waals surface area contributed by atoms with Gasteiger partial charge < -0.3 is 15.3 Å². The first kappa shape index (κ1) is 13.1. The zero-order chi connectivity index (χ0) is 14.4. The molecule has 0 radical (unpaired) electrons. The van der Waals surface area contributed by atoms with Crippen LogP contribution in [-0.2, 0) is 11.2 Å². The summed E-state index contributed by atoms with van der Waals surface area (Å²) in [5, 5.41) is 13.4. The van der Waals surface area contributed by atoms with Gasteiger partial charge in [0.1, 0.15) is 6.04 Å². The minimum atomic E-state index is -0.201. The number of fused-ring (bicyclic) bond motifs is 2. The predicted molar refractivity (Wildman–Crippen MR) is 81.0 cm³/mol. The van der Waals surface area contributed by atoms with Crippen LogP contribution in [0.1, 0.15) is 24.8 Å². The normalized spacial score (nSPS) is 34.2. The standard InChI is InChI=1S/C17H22N2O2/c20-16-8-6-12-9-19(10-13(12)16)17(21)15-7-5-11-3-1-2-4-14(11)18-15/h1-4,12-13,15-16,18,20H,5-10H2. The first-order chi connectivity index (χ1) is 10.2. The first-order valence-electron chi connectivity index (χ1n) is 8.03. The fourth-order valence-corrected chi connectivity index (χ4v) is 4.26. The molecule has 1 aliphatic carbocycles. The summed E-state index contributed by atoms with van der Waals surface area (Å²) in [6.07, 6.45) is 3.60. The highest BCUT2D eigenvalue weighted by molar-refractivity contribution is 5.86. The SMILES string of the molecule is O=C(C1CCc2ccccc2N1)N1CC2CCC(O)C2C1. The molecular formula is C17H22N2O2. The predicted octanol–water partition coefficient (Wildman–Crippen LogP) is 1.64. The van der Waals surface area contributed by atoms with Crippen LogP contribution in [0.2, 0.25) is 0 Å². The van der Waals surface area contributed by atoms with Crippen LogP contribution in [0.15, 0.2) is 24.3 Å². The van der Waals surface area contributed by atoms with Crippen molar-refractivity contribution in [1.29, 1.82) is 0 Å². The van der Waals surface area contributed by atoms with Gasteiger partial charge in [-0.25, -0.2) is 0 Å². The van der Waals surface area contributed by atoms with E-state index in [4.69, 9.17) is 0 Å². The number of nitrogens with zero attached hydrogens (tertiary/aromatic N) is 1. The average molecular weight is 286 g/mol. The molecule has 0 bridgehead atoms. The molecule has 1 aromatic carbocycles. The summed E-state index contributed by atoms with van der Waals surface area (Å²) in [6.45, 7) is 1.57. The highest BCUT2D eigenvalue weighted by Crippen LogP contribution is 2.38. The third-order valence-electron chi connectivity index (χ3n) is 5.48. The van der Waals surface area contributed by atoms with Gasteiger partial charge in [-0.2, -0.15) is 0 Å². The quantitative estimate of drug-likeness (QED) is 0.825. The third kappa shape index (κ3) is 2.22. The van der Waals surface area contributed by atoms with Gasteiger partial charge in [0.2, 0.25) is 5.91 Å². The average Bonchev–Trinajstić information content (AvgIpc) is 3.08. The van der Waals surface area contributed by atoms with Gasteiger partial charge in [0.05, 0.1) is 6.10 Å². The van der Waals surface area contributed by atoms with E-state index in [1.54, 1.807) is 0 Å². The molecular weight excluding hydrogens is 264 g/mol. The number of carbonyl (C=O) groups excluding carboxylic acids is 1. The van der Waals surface area contributed by atoms with Gasteiger partial charge in [-0.3, -0.25) is 4.79 Å². The molecule has 21 heavy (non-hydrogen) atoms. The second kappa shape index (κ2) is 5.02. The number of hydrogen-bond acceptors (Lipinski definition) is 3. The zero-order valence-corrected chi connectivity index (χ0v) is 12.2. The Hall–Kier alpha value is -1.55. The molecule has 1 saturated heterocycles. The Labute approximate surface area is 125 Å². The first-order valence-corrected chi connectivity index (χ1v) is 8.03. The molecule has 4 atom stereocenters. The molecule has 0 aromatic heterocycles. The van der Waals surface area contributed by atoms with E-state index in [1.165, 1.54) is 5.56 Å². The maximum Gasteiger partial charge on any atom is 0.245 e. The number of nitrogens with one attached hydrogen (secondary N) is 1. The number of para-hydroxylation sites is 1. The number of benzene rings is 1. The lowest BCUT2D eigenvalue weighted by molar-refractivity contribution is -0.131. The van der Waals surface area contributed by atoms with E-state index < -0.39 is 0 Å². The fourth-order valence-electron chi connectivity index (χ4n) is 4.26. The minimum absolute atomic E-state index is 0.101. The van der Waals surface area contributed by atoms with Gasteiger partial charge in [0, 0.05) is 24.7 Å². The Morgan fingerprint density at radius 1 is 1.19 bits per heavy atom. The Morgan fingerprint density at radius 2 is 2.05 bits per heavy atom. The van der Waals surface area contributed by atoms with Gasteiger partial charge in [0.15, 0.2) is 0 Å². The molecule has 1 saturated carbocycles. The summed E-state index contributed by atoms with van der Waals surface area (Å²) >= 11 is 0. The van der Waals surface area contributed by atoms with Crippen LogP contribution in [0.25, 0.3) is 0 Å². The highest BCUT2D eigenvalue weighted by atomic mass is 16.3. The van der Waals surface area contributed by atoms with Crippen LogP contribution in [0.3, 0.4) is 0 Å². The van der Waals surface area contributed by atoms with E-state index in [9.17, 15) is 9.90 Å². The number of anilines is 1. The zero-order valence-electron chi connectivity index (χ0n) is 12.2. The van der Waals surface area contributed by atoms with Crippen molar-refractivity contribution < 1.29 is 9.90 Å². The molecule has 1 amide bonds. The fraction of sp³-hybridized carbons (Fsp3) is 0.588. The Bertz CT molecular complexity index is 559.